The van der Waals surface area contributed by atoms with Gasteiger partial charge in [0.2, 0.25) is 0 Å². The maximum atomic E-state index is 12.6. The SMILES string of the molecule is CCN(C(=O)c1ccc(C(F)(F)F)nc1)c1ccc(S(=O)(=O)C(F)(F)F)cc1. The highest BCUT2D eigenvalue weighted by atomic mass is 32.2. The topological polar surface area (TPSA) is 67.3 Å². The Morgan fingerprint density at radius 3 is 1.96 bits per heavy atom. The van der Waals surface area contributed by atoms with E-state index in [1.807, 2.05) is 0 Å². The van der Waals surface area contributed by atoms with Gasteiger partial charge in [-0.1, -0.05) is 0 Å². The fourth-order valence-corrected chi connectivity index (χ4v) is 2.99. The highest BCUT2D eigenvalue weighted by Gasteiger charge is 2.46. The first-order valence-corrected chi connectivity index (χ1v) is 9.04. The number of aromatic nitrogens is 1. The maximum Gasteiger partial charge on any atom is 0.501 e. The molecular weight excluding hydrogens is 414 g/mol. The average Bonchev–Trinajstić information content (AvgIpc) is 2.61. The number of pyridine rings is 1. The van der Waals surface area contributed by atoms with Gasteiger partial charge < -0.3 is 4.90 Å². The number of anilines is 1. The molecule has 0 aliphatic rings. The summed E-state index contributed by atoms with van der Waals surface area (Å²) in [4.78, 5) is 15.7. The summed E-state index contributed by atoms with van der Waals surface area (Å²) in [6.07, 6.45) is -3.94. The van der Waals surface area contributed by atoms with Crippen LogP contribution < -0.4 is 4.90 Å². The second-order valence-corrected chi connectivity index (χ2v) is 7.36. The summed E-state index contributed by atoms with van der Waals surface area (Å²) in [6.45, 7) is 1.54. The molecule has 0 N–H and O–H groups in total. The Balaban J connectivity index is 2.31. The van der Waals surface area contributed by atoms with E-state index in [2.05, 4.69) is 4.98 Å². The highest BCUT2D eigenvalue weighted by Crippen LogP contribution is 2.31. The number of benzene rings is 1. The molecule has 2 rings (SSSR count). The number of nitrogens with zero attached hydrogens (tertiary/aromatic N) is 2. The third-order valence-corrected chi connectivity index (χ3v) is 5.13. The molecule has 0 spiro atoms. The number of sulfone groups is 1. The summed E-state index contributed by atoms with van der Waals surface area (Å²) in [5, 5.41) is 0. The van der Waals surface area contributed by atoms with Gasteiger partial charge in [-0.05, 0) is 43.3 Å². The van der Waals surface area contributed by atoms with E-state index in [0.717, 1.165) is 29.3 Å². The van der Waals surface area contributed by atoms with Crippen LogP contribution in [0.15, 0.2) is 47.5 Å². The molecule has 0 unspecified atom stereocenters. The van der Waals surface area contributed by atoms with E-state index in [4.69, 9.17) is 0 Å². The third-order valence-electron chi connectivity index (χ3n) is 3.63. The standard InChI is InChI=1S/C16H12F6N2O3S/c1-2-24(14(25)10-3-8-13(23-9-10)15(17,18)19)11-4-6-12(7-5-11)28(26,27)16(20,21)22/h3-9H,2H2,1H3. The number of halogens is 6. The first-order valence-electron chi connectivity index (χ1n) is 7.55. The van der Waals surface area contributed by atoms with Crippen LogP contribution in [0.3, 0.4) is 0 Å². The Morgan fingerprint density at radius 1 is 1.00 bits per heavy atom. The molecule has 12 heteroatoms. The predicted molar refractivity (Wildman–Crippen MR) is 86.3 cm³/mol. The average molecular weight is 426 g/mol. The van der Waals surface area contributed by atoms with Crippen LogP contribution >= 0.6 is 0 Å². The Labute approximate surface area is 155 Å². The van der Waals surface area contributed by atoms with E-state index >= 15 is 0 Å². The molecule has 0 atom stereocenters. The number of amides is 1. The zero-order valence-corrected chi connectivity index (χ0v) is 14.9. The number of carbonyl (C=O) groups is 1. The number of alkyl halides is 6. The molecular formula is C16H12F6N2O3S. The lowest BCUT2D eigenvalue weighted by molar-refractivity contribution is -0.141. The van der Waals surface area contributed by atoms with Gasteiger partial charge in [-0.15, -0.1) is 0 Å². The molecule has 28 heavy (non-hydrogen) atoms. The van der Waals surface area contributed by atoms with Crippen molar-refractivity contribution in [3.63, 3.8) is 0 Å². The molecule has 0 fully saturated rings. The van der Waals surface area contributed by atoms with Crippen molar-refractivity contribution < 1.29 is 39.6 Å². The first kappa shape index (κ1) is 21.7. The fraction of sp³-hybridized carbons (Fsp3) is 0.250. The van der Waals surface area contributed by atoms with Gasteiger partial charge in [-0.3, -0.25) is 9.78 Å². The minimum Gasteiger partial charge on any atom is -0.309 e. The Hall–Kier alpha value is -2.63. The molecule has 5 nitrogen and oxygen atoms in total. The molecule has 0 aliphatic heterocycles. The van der Waals surface area contributed by atoms with E-state index < -0.39 is 38.0 Å². The third kappa shape index (κ3) is 4.26. The van der Waals surface area contributed by atoms with Gasteiger partial charge in [0.15, 0.2) is 0 Å². The molecule has 1 amide bonds. The molecule has 1 aromatic carbocycles. The van der Waals surface area contributed by atoms with Gasteiger partial charge in [-0.2, -0.15) is 26.3 Å². The van der Waals surface area contributed by atoms with Gasteiger partial charge in [0.25, 0.3) is 15.7 Å². The molecule has 0 saturated carbocycles. The second kappa shape index (κ2) is 7.41. The Kier molecular flexibility index (Phi) is 5.74. The van der Waals surface area contributed by atoms with E-state index in [-0.39, 0.29) is 17.8 Å². The normalized spacial score (nSPS) is 12.7. The quantitative estimate of drug-likeness (QED) is 0.692. The van der Waals surface area contributed by atoms with Crippen molar-refractivity contribution in [1.82, 2.24) is 4.98 Å². The van der Waals surface area contributed by atoms with Crippen LogP contribution in [0.1, 0.15) is 23.0 Å². The fourth-order valence-electron chi connectivity index (χ4n) is 2.23. The van der Waals surface area contributed by atoms with E-state index in [0.29, 0.717) is 18.2 Å². The van der Waals surface area contributed by atoms with E-state index in [1.54, 1.807) is 0 Å². The Bertz CT molecular complexity index is 952. The zero-order valence-electron chi connectivity index (χ0n) is 14.0. The molecule has 1 aromatic heterocycles. The first-order chi connectivity index (χ1) is 12.8. The van der Waals surface area contributed by atoms with Crippen LogP contribution in [0, 0.1) is 0 Å². The number of hydrogen-bond donors (Lipinski definition) is 0. The van der Waals surface area contributed by atoms with Gasteiger partial charge in [0.05, 0.1) is 10.5 Å². The van der Waals surface area contributed by atoms with E-state index in [1.165, 1.54) is 6.92 Å². The summed E-state index contributed by atoms with van der Waals surface area (Å²) in [7, 11) is -5.54. The summed E-state index contributed by atoms with van der Waals surface area (Å²) in [5.74, 6) is -0.754. The minimum absolute atomic E-state index is 0.0191. The van der Waals surface area contributed by atoms with Crippen molar-refractivity contribution in [3.05, 3.63) is 53.9 Å². The van der Waals surface area contributed by atoms with Gasteiger partial charge in [0, 0.05) is 18.4 Å². The van der Waals surface area contributed by atoms with Crippen LogP contribution in [-0.4, -0.2) is 31.4 Å². The smallest absolute Gasteiger partial charge is 0.309 e. The summed E-state index contributed by atoms with van der Waals surface area (Å²) < 4.78 is 98.1. The van der Waals surface area contributed by atoms with Crippen LogP contribution in [0.4, 0.5) is 32.0 Å². The summed E-state index contributed by atoms with van der Waals surface area (Å²) in [6, 6.07) is 4.93. The second-order valence-electron chi connectivity index (χ2n) is 5.42. The molecule has 0 aliphatic carbocycles. The van der Waals surface area contributed by atoms with Crippen molar-refractivity contribution >= 4 is 21.4 Å². The largest absolute Gasteiger partial charge is 0.501 e. The molecule has 0 bridgehead atoms. The predicted octanol–water partition coefficient (Wildman–Crippen LogP) is 4.06. The van der Waals surface area contributed by atoms with Crippen LogP contribution in [-0.2, 0) is 16.0 Å². The lowest BCUT2D eigenvalue weighted by Crippen LogP contribution is -2.31. The number of rotatable bonds is 4. The van der Waals surface area contributed by atoms with Gasteiger partial charge >= 0.3 is 11.7 Å². The summed E-state index contributed by atoms with van der Waals surface area (Å²) in [5.41, 5.74) is -6.77. The molecule has 0 radical (unpaired) electrons. The molecule has 0 saturated heterocycles. The molecule has 152 valence electrons. The van der Waals surface area contributed by atoms with Crippen LogP contribution in [0.5, 0.6) is 0 Å². The van der Waals surface area contributed by atoms with Crippen molar-refractivity contribution in [2.45, 2.75) is 23.5 Å². The van der Waals surface area contributed by atoms with Crippen molar-refractivity contribution in [3.8, 4) is 0 Å². The lowest BCUT2D eigenvalue weighted by atomic mass is 10.2. The monoisotopic (exact) mass is 426 g/mol. The number of carbonyl (C=O) groups excluding carboxylic acids is 1. The minimum atomic E-state index is -5.54. The van der Waals surface area contributed by atoms with E-state index in [9.17, 15) is 39.6 Å². The summed E-state index contributed by atoms with van der Waals surface area (Å²) >= 11 is 0. The van der Waals surface area contributed by atoms with Crippen LogP contribution in [0.25, 0.3) is 0 Å². The van der Waals surface area contributed by atoms with Crippen molar-refractivity contribution in [1.29, 1.82) is 0 Å². The molecule has 2 aromatic rings. The Morgan fingerprint density at radius 2 is 1.57 bits per heavy atom. The lowest BCUT2D eigenvalue weighted by Gasteiger charge is -2.21. The van der Waals surface area contributed by atoms with Gasteiger partial charge in [0.1, 0.15) is 5.69 Å². The van der Waals surface area contributed by atoms with Gasteiger partial charge in [-0.25, -0.2) is 8.42 Å². The maximum absolute atomic E-state index is 12.6. The van der Waals surface area contributed by atoms with Crippen molar-refractivity contribution in [2.24, 2.45) is 0 Å². The van der Waals surface area contributed by atoms with Crippen LogP contribution in [0.2, 0.25) is 0 Å². The highest BCUT2D eigenvalue weighted by molar-refractivity contribution is 7.92. The van der Waals surface area contributed by atoms with Crippen molar-refractivity contribution in [2.75, 3.05) is 11.4 Å². The molecule has 1 heterocycles. The zero-order chi connectivity index (χ0) is 21.3. The number of hydrogen-bond acceptors (Lipinski definition) is 4.